The second kappa shape index (κ2) is 7.85. The lowest BCUT2D eigenvalue weighted by Crippen LogP contribution is -2.33. The number of thiophene rings is 1. The van der Waals surface area contributed by atoms with Crippen LogP contribution in [0.4, 0.5) is 5.69 Å². The molecule has 0 radical (unpaired) electrons. The van der Waals surface area contributed by atoms with Gasteiger partial charge in [-0.05, 0) is 35.4 Å². The van der Waals surface area contributed by atoms with E-state index in [1.54, 1.807) is 36.3 Å². The number of nitrogens with zero attached hydrogens (tertiary/aromatic N) is 2. The molecule has 0 aliphatic heterocycles. The molecule has 0 bridgehead atoms. The molecule has 122 valence electrons. The molecule has 0 fully saturated rings. The normalized spacial score (nSPS) is 10.5. The van der Waals surface area contributed by atoms with Gasteiger partial charge in [-0.1, -0.05) is 6.07 Å². The van der Waals surface area contributed by atoms with E-state index in [-0.39, 0.29) is 11.6 Å². The molecule has 1 heterocycles. The summed E-state index contributed by atoms with van der Waals surface area (Å²) in [4.78, 5) is 25.1. The Morgan fingerprint density at radius 3 is 2.78 bits per heavy atom. The van der Waals surface area contributed by atoms with Gasteiger partial charge < -0.3 is 9.64 Å². The van der Waals surface area contributed by atoms with Gasteiger partial charge in [-0.2, -0.15) is 11.3 Å². The van der Waals surface area contributed by atoms with E-state index in [4.69, 9.17) is 4.74 Å². The summed E-state index contributed by atoms with van der Waals surface area (Å²) in [6, 6.07) is 6.53. The quantitative estimate of drug-likeness (QED) is 0.575. The van der Waals surface area contributed by atoms with E-state index < -0.39 is 4.92 Å². The lowest BCUT2D eigenvalue weighted by atomic mass is 10.1. The number of carbonyl (C=O) groups is 1. The van der Waals surface area contributed by atoms with Crippen molar-refractivity contribution in [3.05, 3.63) is 61.8 Å². The van der Waals surface area contributed by atoms with Crippen LogP contribution in [-0.2, 0) is 11.3 Å². The van der Waals surface area contributed by atoms with Crippen LogP contribution < -0.4 is 0 Å². The van der Waals surface area contributed by atoms with Crippen molar-refractivity contribution in [2.75, 3.05) is 20.3 Å². The summed E-state index contributed by atoms with van der Waals surface area (Å²) >= 11 is 1.56. The number of amides is 1. The number of methoxy groups -OCH3 is 1. The van der Waals surface area contributed by atoms with Crippen LogP contribution in [0.1, 0.15) is 21.5 Å². The smallest absolute Gasteiger partial charge is 0.273 e. The first kappa shape index (κ1) is 17.1. The molecule has 1 amide bonds. The fourth-order valence-electron chi connectivity index (χ4n) is 2.28. The van der Waals surface area contributed by atoms with E-state index in [1.807, 2.05) is 16.8 Å². The number of hydrogen-bond donors (Lipinski definition) is 0. The molecule has 0 aliphatic rings. The van der Waals surface area contributed by atoms with Gasteiger partial charge in [0.2, 0.25) is 0 Å². The maximum absolute atomic E-state index is 12.8. The molecular formula is C16H18N2O4S. The van der Waals surface area contributed by atoms with Crippen LogP contribution in [0.25, 0.3) is 0 Å². The number of carbonyl (C=O) groups excluding carboxylic acids is 1. The Kier molecular flexibility index (Phi) is 5.84. The fraction of sp³-hybridized carbons (Fsp3) is 0.312. The molecule has 0 N–H and O–H groups in total. The van der Waals surface area contributed by atoms with Crippen molar-refractivity contribution in [2.24, 2.45) is 0 Å². The Labute approximate surface area is 138 Å². The fourth-order valence-corrected chi connectivity index (χ4v) is 2.94. The Morgan fingerprint density at radius 1 is 1.39 bits per heavy atom. The number of nitro groups is 1. The van der Waals surface area contributed by atoms with E-state index >= 15 is 0 Å². The molecule has 1 aromatic carbocycles. The first-order valence-corrected chi connectivity index (χ1v) is 8.02. The highest BCUT2D eigenvalue weighted by Crippen LogP contribution is 2.23. The number of hydrogen-bond acceptors (Lipinski definition) is 5. The molecule has 23 heavy (non-hydrogen) atoms. The molecule has 0 saturated heterocycles. The monoisotopic (exact) mass is 334 g/mol. The lowest BCUT2D eigenvalue weighted by Gasteiger charge is -2.23. The summed E-state index contributed by atoms with van der Waals surface area (Å²) < 4.78 is 5.07. The summed E-state index contributed by atoms with van der Waals surface area (Å²) in [5.41, 5.74) is 1.72. The molecule has 2 aromatic rings. The van der Waals surface area contributed by atoms with Gasteiger partial charge in [0, 0.05) is 37.4 Å². The van der Waals surface area contributed by atoms with Crippen LogP contribution in [0.2, 0.25) is 0 Å². The maximum Gasteiger partial charge on any atom is 0.273 e. The number of rotatable bonds is 7. The molecule has 0 aliphatic carbocycles. The highest BCUT2D eigenvalue weighted by Gasteiger charge is 2.22. The number of nitro benzene ring substituents is 1. The Bertz CT molecular complexity index is 685. The standard InChI is InChI=1S/C16H18N2O4S/c1-12-14(4-3-5-15(12)18(20)21)16(19)17(7-8-22-2)10-13-6-9-23-11-13/h3-6,9,11H,7-8,10H2,1-2H3. The first-order valence-electron chi connectivity index (χ1n) is 7.08. The summed E-state index contributed by atoms with van der Waals surface area (Å²) in [6.45, 7) is 2.88. The van der Waals surface area contributed by atoms with Crippen molar-refractivity contribution < 1.29 is 14.5 Å². The maximum atomic E-state index is 12.8. The Balaban J connectivity index is 2.29. The van der Waals surface area contributed by atoms with Crippen LogP contribution in [-0.4, -0.2) is 36.0 Å². The van der Waals surface area contributed by atoms with E-state index in [0.717, 1.165) is 5.56 Å². The van der Waals surface area contributed by atoms with Gasteiger partial charge in [-0.3, -0.25) is 14.9 Å². The number of ether oxygens (including phenoxy) is 1. The lowest BCUT2D eigenvalue weighted by molar-refractivity contribution is -0.385. The molecule has 0 spiro atoms. The summed E-state index contributed by atoms with van der Waals surface area (Å²) in [6.07, 6.45) is 0. The van der Waals surface area contributed by atoms with Crippen LogP contribution in [0.5, 0.6) is 0 Å². The molecule has 0 unspecified atom stereocenters. The zero-order valence-corrected chi connectivity index (χ0v) is 13.8. The van der Waals surface area contributed by atoms with Crippen LogP contribution in [0, 0.1) is 17.0 Å². The molecule has 6 nitrogen and oxygen atoms in total. The van der Waals surface area contributed by atoms with Crippen molar-refractivity contribution in [3.8, 4) is 0 Å². The molecule has 0 atom stereocenters. The third kappa shape index (κ3) is 4.14. The van der Waals surface area contributed by atoms with E-state index in [2.05, 4.69) is 0 Å². The molecule has 7 heteroatoms. The third-order valence-electron chi connectivity index (χ3n) is 3.54. The highest BCUT2D eigenvalue weighted by atomic mass is 32.1. The van der Waals surface area contributed by atoms with Crippen molar-refractivity contribution in [1.29, 1.82) is 0 Å². The average molecular weight is 334 g/mol. The predicted octanol–water partition coefficient (Wildman–Crippen LogP) is 3.25. The second-order valence-corrected chi connectivity index (χ2v) is 5.84. The zero-order valence-electron chi connectivity index (χ0n) is 13.0. The topological polar surface area (TPSA) is 72.7 Å². The first-order chi connectivity index (χ1) is 11.0. The second-order valence-electron chi connectivity index (χ2n) is 5.06. The SMILES string of the molecule is COCCN(Cc1ccsc1)C(=O)c1cccc([N+](=O)[O-])c1C. The molecular weight excluding hydrogens is 316 g/mol. The Hall–Kier alpha value is -2.25. The van der Waals surface area contributed by atoms with Gasteiger partial charge in [-0.25, -0.2) is 0 Å². The summed E-state index contributed by atoms with van der Waals surface area (Å²) in [5, 5.41) is 15.0. The van der Waals surface area contributed by atoms with Crippen LogP contribution in [0.15, 0.2) is 35.0 Å². The highest BCUT2D eigenvalue weighted by molar-refractivity contribution is 7.07. The Morgan fingerprint density at radius 2 is 2.17 bits per heavy atom. The van der Waals surface area contributed by atoms with Crippen molar-refractivity contribution in [3.63, 3.8) is 0 Å². The zero-order chi connectivity index (χ0) is 16.8. The van der Waals surface area contributed by atoms with Crippen molar-refractivity contribution in [1.82, 2.24) is 4.90 Å². The largest absolute Gasteiger partial charge is 0.383 e. The van der Waals surface area contributed by atoms with Gasteiger partial charge >= 0.3 is 0 Å². The van der Waals surface area contributed by atoms with Crippen LogP contribution in [0.3, 0.4) is 0 Å². The minimum absolute atomic E-state index is 0.0434. The van der Waals surface area contributed by atoms with E-state index in [1.165, 1.54) is 12.1 Å². The van der Waals surface area contributed by atoms with Crippen molar-refractivity contribution in [2.45, 2.75) is 13.5 Å². The van der Waals surface area contributed by atoms with Gasteiger partial charge in [-0.15, -0.1) is 0 Å². The van der Waals surface area contributed by atoms with Gasteiger partial charge in [0.1, 0.15) is 0 Å². The number of benzene rings is 1. The molecule has 2 rings (SSSR count). The summed E-state index contributed by atoms with van der Waals surface area (Å²) in [7, 11) is 1.58. The van der Waals surface area contributed by atoms with Crippen LogP contribution >= 0.6 is 11.3 Å². The summed E-state index contributed by atoms with van der Waals surface area (Å²) in [5.74, 6) is -0.227. The van der Waals surface area contributed by atoms with Gasteiger partial charge in [0.25, 0.3) is 11.6 Å². The van der Waals surface area contributed by atoms with Gasteiger partial charge in [0.15, 0.2) is 0 Å². The molecule has 1 aromatic heterocycles. The van der Waals surface area contributed by atoms with Gasteiger partial charge in [0.05, 0.1) is 11.5 Å². The molecule has 0 saturated carbocycles. The van der Waals surface area contributed by atoms with E-state index in [0.29, 0.717) is 30.8 Å². The minimum atomic E-state index is -0.468. The third-order valence-corrected chi connectivity index (χ3v) is 4.27. The van der Waals surface area contributed by atoms with Crippen molar-refractivity contribution >= 4 is 22.9 Å². The average Bonchev–Trinajstić information content (AvgIpc) is 3.03. The predicted molar refractivity (Wildman–Crippen MR) is 88.8 cm³/mol. The van der Waals surface area contributed by atoms with E-state index in [9.17, 15) is 14.9 Å². The minimum Gasteiger partial charge on any atom is -0.383 e.